The Morgan fingerprint density at radius 1 is 1.37 bits per heavy atom. The monoisotopic (exact) mass is 306 g/mol. The molecule has 0 spiro atoms. The topological polar surface area (TPSA) is 62.6 Å². The Kier molecular flexibility index (Phi) is 5.49. The van der Waals surface area contributed by atoms with Crippen LogP contribution in [0.5, 0.6) is 0 Å². The fourth-order valence-electron chi connectivity index (χ4n) is 1.33. The molecule has 1 N–H and O–H groups in total. The average molecular weight is 306 g/mol. The van der Waals surface area contributed by atoms with Gasteiger partial charge in [0.2, 0.25) is 5.09 Å². The highest BCUT2D eigenvalue weighted by Crippen LogP contribution is 2.20. The molecule has 0 bridgehead atoms. The van der Waals surface area contributed by atoms with Gasteiger partial charge >= 0.3 is 0 Å². The predicted molar refractivity (Wildman–Crippen MR) is 78.9 cm³/mol. The van der Waals surface area contributed by atoms with Gasteiger partial charge in [0, 0.05) is 25.4 Å². The van der Waals surface area contributed by atoms with Gasteiger partial charge < -0.3 is 9.73 Å². The summed E-state index contributed by atoms with van der Waals surface area (Å²) < 4.78 is 30.3. The number of hydrogen-bond acceptors (Lipinski definition) is 5. The quantitative estimate of drug-likeness (QED) is 0.831. The maximum absolute atomic E-state index is 11.8. The van der Waals surface area contributed by atoms with Gasteiger partial charge in [0.1, 0.15) is 5.76 Å². The van der Waals surface area contributed by atoms with Gasteiger partial charge in [-0.25, -0.2) is 12.7 Å². The molecule has 110 valence electrons. The molecule has 0 aromatic carbocycles. The van der Waals surface area contributed by atoms with Crippen LogP contribution in [0.4, 0.5) is 0 Å². The van der Waals surface area contributed by atoms with Crippen LogP contribution in [0.25, 0.3) is 0 Å². The largest absolute Gasteiger partial charge is 0.447 e. The molecule has 0 saturated heterocycles. The summed E-state index contributed by atoms with van der Waals surface area (Å²) in [4.78, 5) is 0. The molecule has 0 aliphatic rings. The standard InChI is InChI=1S/C12H22N2O3S2/c1-12(2,18-5)9-13-8-10-6-7-11(17-10)19(15,16)14(3)4/h6-7,13H,8-9H2,1-5H3. The van der Waals surface area contributed by atoms with Crippen LogP contribution in [-0.2, 0) is 16.6 Å². The van der Waals surface area contributed by atoms with Crippen molar-refractivity contribution in [2.45, 2.75) is 30.2 Å². The van der Waals surface area contributed by atoms with E-state index >= 15 is 0 Å². The number of furan rings is 1. The minimum absolute atomic E-state index is 0.0153. The molecule has 0 atom stereocenters. The minimum Gasteiger partial charge on any atom is -0.447 e. The fraction of sp³-hybridized carbons (Fsp3) is 0.667. The third kappa shape index (κ3) is 4.52. The summed E-state index contributed by atoms with van der Waals surface area (Å²) in [5, 5.41) is 3.25. The van der Waals surface area contributed by atoms with Crippen LogP contribution in [0, 0.1) is 0 Å². The second-order valence-electron chi connectivity index (χ2n) is 5.08. The lowest BCUT2D eigenvalue weighted by molar-refractivity contribution is 0.387. The number of thioether (sulfide) groups is 1. The lowest BCUT2D eigenvalue weighted by atomic mass is 10.2. The molecular formula is C12H22N2O3S2. The first-order chi connectivity index (χ1) is 8.69. The summed E-state index contributed by atoms with van der Waals surface area (Å²) in [7, 11) is -0.514. The molecule has 0 radical (unpaired) electrons. The first-order valence-corrected chi connectivity index (χ1v) is 8.62. The predicted octanol–water partition coefficient (Wildman–Crippen LogP) is 1.76. The van der Waals surface area contributed by atoms with Gasteiger partial charge in [-0.1, -0.05) is 0 Å². The minimum atomic E-state index is -3.48. The van der Waals surface area contributed by atoms with Crippen LogP contribution < -0.4 is 5.32 Å². The van der Waals surface area contributed by atoms with Gasteiger partial charge in [0.25, 0.3) is 10.0 Å². The number of nitrogens with one attached hydrogen (secondary N) is 1. The molecular weight excluding hydrogens is 284 g/mol. The highest BCUT2D eigenvalue weighted by molar-refractivity contribution is 7.99. The first kappa shape index (κ1) is 16.6. The Morgan fingerprint density at radius 3 is 2.53 bits per heavy atom. The van der Waals surface area contributed by atoms with Crippen LogP contribution in [0.3, 0.4) is 0 Å². The van der Waals surface area contributed by atoms with E-state index in [1.165, 1.54) is 20.2 Å². The Labute approximate surface area is 119 Å². The average Bonchev–Trinajstić information content (AvgIpc) is 2.78. The summed E-state index contributed by atoms with van der Waals surface area (Å²) in [6.45, 7) is 5.64. The lowest BCUT2D eigenvalue weighted by Gasteiger charge is -2.21. The first-order valence-electron chi connectivity index (χ1n) is 5.96. The second kappa shape index (κ2) is 6.30. The summed E-state index contributed by atoms with van der Waals surface area (Å²) in [6.07, 6.45) is 2.07. The van der Waals surface area contributed by atoms with Crippen LogP contribution in [-0.4, -0.2) is 44.4 Å². The Hall–Kier alpha value is -0.500. The van der Waals surface area contributed by atoms with Crippen molar-refractivity contribution in [1.29, 1.82) is 0 Å². The van der Waals surface area contributed by atoms with Gasteiger partial charge in [-0.05, 0) is 32.2 Å². The molecule has 0 unspecified atom stereocenters. The van der Waals surface area contributed by atoms with E-state index in [0.717, 1.165) is 10.8 Å². The molecule has 0 fully saturated rings. The van der Waals surface area contributed by atoms with E-state index in [9.17, 15) is 8.42 Å². The van der Waals surface area contributed by atoms with E-state index in [0.29, 0.717) is 12.3 Å². The number of nitrogens with zero attached hydrogens (tertiary/aromatic N) is 1. The molecule has 0 aliphatic carbocycles. The molecule has 5 nitrogen and oxygen atoms in total. The van der Waals surface area contributed by atoms with Gasteiger partial charge in [-0.2, -0.15) is 11.8 Å². The van der Waals surface area contributed by atoms with Crippen molar-refractivity contribution < 1.29 is 12.8 Å². The Morgan fingerprint density at radius 2 is 2.00 bits per heavy atom. The second-order valence-corrected chi connectivity index (χ2v) is 8.67. The molecule has 1 aromatic heterocycles. The van der Waals surface area contributed by atoms with Crippen molar-refractivity contribution in [2.24, 2.45) is 0 Å². The number of rotatable bonds is 7. The molecule has 1 rings (SSSR count). The zero-order chi connectivity index (χ0) is 14.7. The van der Waals surface area contributed by atoms with Crippen molar-refractivity contribution >= 4 is 21.8 Å². The van der Waals surface area contributed by atoms with E-state index in [1.54, 1.807) is 17.8 Å². The lowest BCUT2D eigenvalue weighted by Crippen LogP contribution is -2.31. The molecule has 19 heavy (non-hydrogen) atoms. The van der Waals surface area contributed by atoms with E-state index in [2.05, 4.69) is 25.4 Å². The van der Waals surface area contributed by atoms with Crippen molar-refractivity contribution in [3.63, 3.8) is 0 Å². The summed E-state index contributed by atoms with van der Waals surface area (Å²) >= 11 is 1.78. The van der Waals surface area contributed by atoms with Gasteiger partial charge in [-0.3, -0.25) is 0 Å². The SMILES string of the molecule is CSC(C)(C)CNCc1ccc(S(=O)(=O)N(C)C)o1. The fourth-order valence-corrected chi connectivity index (χ4v) is 2.39. The molecule has 0 saturated carbocycles. The summed E-state index contributed by atoms with van der Waals surface area (Å²) in [5.74, 6) is 0.623. The van der Waals surface area contributed by atoms with Crippen LogP contribution >= 0.6 is 11.8 Å². The van der Waals surface area contributed by atoms with E-state index in [4.69, 9.17) is 4.42 Å². The maximum atomic E-state index is 11.8. The molecule has 1 heterocycles. The van der Waals surface area contributed by atoms with Gasteiger partial charge in [0.15, 0.2) is 0 Å². The van der Waals surface area contributed by atoms with Crippen LogP contribution in [0.1, 0.15) is 19.6 Å². The normalized spacial score (nSPS) is 13.2. The molecule has 0 aliphatic heterocycles. The number of sulfonamides is 1. The van der Waals surface area contributed by atoms with Crippen molar-refractivity contribution in [3.05, 3.63) is 17.9 Å². The Balaban J connectivity index is 2.62. The smallest absolute Gasteiger partial charge is 0.275 e. The van der Waals surface area contributed by atoms with Crippen molar-refractivity contribution in [2.75, 3.05) is 26.9 Å². The van der Waals surface area contributed by atoms with E-state index < -0.39 is 10.0 Å². The van der Waals surface area contributed by atoms with E-state index in [-0.39, 0.29) is 9.84 Å². The molecule has 7 heteroatoms. The van der Waals surface area contributed by atoms with Gasteiger partial charge in [0.05, 0.1) is 6.54 Å². The zero-order valence-electron chi connectivity index (χ0n) is 12.1. The van der Waals surface area contributed by atoms with Crippen molar-refractivity contribution in [1.82, 2.24) is 9.62 Å². The third-order valence-corrected chi connectivity index (χ3v) is 5.71. The molecule has 0 amide bonds. The number of hydrogen-bond donors (Lipinski definition) is 1. The maximum Gasteiger partial charge on any atom is 0.275 e. The zero-order valence-corrected chi connectivity index (χ0v) is 13.7. The molecule has 1 aromatic rings. The van der Waals surface area contributed by atoms with Crippen molar-refractivity contribution in [3.8, 4) is 0 Å². The van der Waals surface area contributed by atoms with Crippen LogP contribution in [0.15, 0.2) is 21.6 Å². The summed E-state index contributed by atoms with van der Waals surface area (Å²) in [6, 6.07) is 3.18. The highest BCUT2D eigenvalue weighted by atomic mass is 32.2. The third-order valence-electron chi connectivity index (χ3n) is 2.77. The van der Waals surface area contributed by atoms with Gasteiger partial charge in [-0.15, -0.1) is 0 Å². The summed E-state index contributed by atoms with van der Waals surface area (Å²) in [5.41, 5.74) is 0. The van der Waals surface area contributed by atoms with E-state index in [1.807, 2.05) is 0 Å². The highest BCUT2D eigenvalue weighted by Gasteiger charge is 2.21. The Bertz CT molecular complexity index is 507. The van der Waals surface area contributed by atoms with Crippen LogP contribution in [0.2, 0.25) is 0 Å².